The van der Waals surface area contributed by atoms with Crippen LogP contribution < -0.4 is 10.6 Å². The van der Waals surface area contributed by atoms with Crippen LogP contribution in [0.2, 0.25) is 0 Å². The second kappa shape index (κ2) is 7.54. The summed E-state index contributed by atoms with van der Waals surface area (Å²) in [6.45, 7) is 2.79. The number of urea groups is 1. The van der Waals surface area contributed by atoms with Gasteiger partial charge in [-0.05, 0) is 24.1 Å². The number of nitrogens with zero attached hydrogens (tertiary/aromatic N) is 2. The fourth-order valence-corrected chi connectivity index (χ4v) is 3.48. The molecule has 0 saturated carbocycles. The summed E-state index contributed by atoms with van der Waals surface area (Å²) in [5.74, 6) is 0. The first-order chi connectivity index (χ1) is 12.8. The predicted octanol–water partition coefficient (Wildman–Crippen LogP) is 3.63. The number of hydrogen-bond donors (Lipinski definition) is 2. The van der Waals surface area contributed by atoms with E-state index in [1.165, 1.54) is 5.56 Å². The molecule has 0 bridgehead atoms. The number of hydrogen-bond acceptors (Lipinski definition) is 3. The number of benzene rings is 2. The zero-order valence-electron chi connectivity index (χ0n) is 14.6. The number of carbonyl (C=O) groups is 1. The van der Waals surface area contributed by atoms with E-state index in [2.05, 4.69) is 44.8 Å². The molecule has 1 saturated heterocycles. The molecule has 5 heteroatoms. The van der Waals surface area contributed by atoms with Crippen LogP contribution in [0.5, 0.6) is 0 Å². The van der Waals surface area contributed by atoms with Crippen molar-refractivity contribution >= 4 is 22.6 Å². The molecule has 0 spiro atoms. The highest BCUT2D eigenvalue weighted by molar-refractivity contribution is 5.99. The Kier molecular flexibility index (Phi) is 4.80. The fraction of sp³-hybridized carbons (Fsp3) is 0.238. The van der Waals surface area contributed by atoms with Gasteiger partial charge in [0.1, 0.15) is 0 Å². The van der Waals surface area contributed by atoms with Crippen LogP contribution in [0.3, 0.4) is 0 Å². The van der Waals surface area contributed by atoms with Gasteiger partial charge in [-0.25, -0.2) is 4.79 Å². The fourth-order valence-electron chi connectivity index (χ4n) is 3.48. The van der Waals surface area contributed by atoms with Crippen molar-refractivity contribution in [1.82, 2.24) is 15.2 Å². The van der Waals surface area contributed by atoms with E-state index in [1.54, 1.807) is 6.20 Å². The van der Waals surface area contributed by atoms with Gasteiger partial charge in [-0.2, -0.15) is 0 Å². The summed E-state index contributed by atoms with van der Waals surface area (Å²) in [4.78, 5) is 19.2. The lowest BCUT2D eigenvalue weighted by atomic mass is 10.2. The molecule has 132 valence electrons. The van der Waals surface area contributed by atoms with E-state index in [-0.39, 0.29) is 12.1 Å². The Labute approximate surface area is 153 Å². The van der Waals surface area contributed by atoms with Gasteiger partial charge in [-0.15, -0.1) is 0 Å². The smallest absolute Gasteiger partial charge is 0.319 e. The number of fused-ring (bicyclic) bond motifs is 1. The van der Waals surface area contributed by atoms with E-state index in [9.17, 15) is 4.79 Å². The molecule has 0 radical (unpaired) electrons. The van der Waals surface area contributed by atoms with E-state index >= 15 is 0 Å². The first-order valence-corrected chi connectivity index (χ1v) is 8.95. The van der Waals surface area contributed by atoms with Crippen molar-refractivity contribution in [2.45, 2.75) is 19.0 Å². The number of pyridine rings is 1. The quantitative estimate of drug-likeness (QED) is 0.758. The van der Waals surface area contributed by atoms with Crippen molar-refractivity contribution in [3.05, 3.63) is 72.4 Å². The summed E-state index contributed by atoms with van der Waals surface area (Å²) >= 11 is 0. The zero-order chi connectivity index (χ0) is 17.8. The lowest BCUT2D eigenvalue weighted by Gasteiger charge is -2.17. The highest BCUT2D eigenvalue weighted by Crippen LogP contribution is 2.20. The third-order valence-electron chi connectivity index (χ3n) is 4.74. The SMILES string of the molecule is O=C(Nc1cccc2cccnc12)N[C@H]1CCN(Cc2ccccc2)C1. The highest BCUT2D eigenvalue weighted by Gasteiger charge is 2.24. The maximum absolute atomic E-state index is 12.4. The number of carbonyl (C=O) groups excluding carboxylic acids is 1. The van der Waals surface area contributed by atoms with Crippen LogP contribution >= 0.6 is 0 Å². The molecule has 1 fully saturated rings. The molecule has 1 aliphatic heterocycles. The molecule has 1 aliphatic rings. The summed E-state index contributed by atoms with van der Waals surface area (Å²) < 4.78 is 0. The number of likely N-dealkylation sites (tertiary alicyclic amines) is 1. The third-order valence-corrected chi connectivity index (χ3v) is 4.74. The van der Waals surface area contributed by atoms with Crippen molar-refractivity contribution < 1.29 is 4.79 Å². The Morgan fingerprint density at radius 3 is 2.81 bits per heavy atom. The lowest BCUT2D eigenvalue weighted by molar-refractivity contribution is 0.247. The molecule has 0 unspecified atom stereocenters. The molecule has 4 rings (SSSR count). The monoisotopic (exact) mass is 346 g/mol. The van der Waals surface area contributed by atoms with Crippen LogP contribution in [0.25, 0.3) is 10.9 Å². The molecular formula is C21H22N4O. The summed E-state index contributed by atoms with van der Waals surface area (Å²) in [6.07, 6.45) is 2.71. The Morgan fingerprint density at radius 2 is 1.92 bits per heavy atom. The summed E-state index contributed by atoms with van der Waals surface area (Å²) in [6, 6.07) is 20.1. The molecule has 2 heterocycles. The van der Waals surface area contributed by atoms with Crippen LogP contribution in [-0.2, 0) is 6.54 Å². The Hall–Kier alpha value is -2.92. The van der Waals surface area contributed by atoms with E-state index in [1.807, 2.05) is 36.4 Å². The van der Waals surface area contributed by atoms with E-state index in [0.717, 1.165) is 42.6 Å². The van der Waals surface area contributed by atoms with Crippen LogP contribution in [0.15, 0.2) is 66.9 Å². The second-order valence-corrected chi connectivity index (χ2v) is 6.69. The van der Waals surface area contributed by atoms with Crippen molar-refractivity contribution in [3.8, 4) is 0 Å². The van der Waals surface area contributed by atoms with Gasteiger partial charge in [0.05, 0.1) is 11.2 Å². The number of nitrogens with one attached hydrogen (secondary N) is 2. The van der Waals surface area contributed by atoms with Crippen molar-refractivity contribution in [2.24, 2.45) is 0 Å². The van der Waals surface area contributed by atoms with Gasteiger partial charge >= 0.3 is 6.03 Å². The molecule has 1 aromatic heterocycles. The number of anilines is 1. The van der Waals surface area contributed by atoms with Gasteiger partial charge < -0.3 is 10.6 Å². The summed E-state index contributed by atoms with van der Waals surface area (Å²) in [5, 5.41) is 7.05. The first-order valence-electron chi connectivity index (χ1n) is 8.95. The maximum atomic E-state index is 12.4. The third kappa shape index (κ3) is 3.83. The molecular weight excluding hydrogens is 324 g/mol. The first kappa shape index (κ1) is 16.5. The van der Waals surface area contributed by atoms with Crippen LogP contribution in [0.1, 0.15) is 12.0 Å². The number of amides is 2. The minimum atomic E-state index is -0.172. The van der Waals surface area contributed by atoms with Crippen molar-refractivity contribution in [3.63, 3.8) is 0 Å². The van der Waals surface area contributed by atoms with E-state index in [0.29, 0.717) is 0 Å². The van der Waals surface area contributed by atoms with Gasteiger partial charge in [0.25, 0.3) is 0 Å². The van der Waals surface area contributed by atoms with Crippen LogP contribution in [0.4, 0.5) is 10.5 Å². The zero-order valence-corrected chi connectivity index (χ0v) is 14.6. The van der Waals surface area contributed by atoms with Gasteiger partial charge in [0.15, 0.2) is 0 Å². The topological polar surface area (TPSA) is 57.3 Å². The molecule has 2 N–H and O–H groups in total. The average Bonchev–Trinajstić information content (AvgIpc) is 3.09. The molecule has 2 aromatic carbocycles. The number of para-hydroxylation sites is 1. The van der Waals surface area contributed by atoms with Gasteiger partial charge in [-0.3, -0.25) is 9.88 Å². The second-order valence-electron chi connectivity index (χ2n) is 6.69. The largest absolute Gasteiger partial charge is 0.334 e. The summed E-state index contributed by atoms with van der Waals surface area (Å²) in [7, 11) is 0. The Morgan fingerprint density at radius 1 is 1.08 bits per heavy atom. The lowest BCUT2D eigenvalue weighted by Crippen LogP contribution is -2.39. The Balaban J connectivity index is 1.34. The van der Waals surface area contributed by atoms with Gasteiger partial charge in [0.2, 0.25) is 0 Å². The van der Waals surface area contributed by atoms with Crippen molar-refractivity contribution in [1.29, 1.82) is 0 Å². The van der Waals surface area contributed by atoms with Gasteiger partial charge in [-0.1, -0.05) is 48.5 Å². The summed E-state index contributed by atoms with van der Waals surface area (Å²) in [5.41, 5.74) is 2.85. The number of aromatic nitrogens is 1. The minimum Gasteiger partial charge on any atom is -0.334 e. The van der Waals surface area contributed by atoms with E-state index in [4.69, 9.17) is 0 Å². The predicted molar refractivity (Wildman–Crippen MR) is 104 cm³/mol. The standard InChI is InChI=1S/C21H22N4O/c26-21(24-19-10-4-8-17-9-5-12-22-20(17)19)23-18-11-13-25(15-18)14-16-6-2-1-3-7-16/h1-10,12,18H,11,13-15H2,(H2,23,24,26)/t18-/m0/s1. The molecule has 2 amide bonds. The van der Waals surface area contributed by atoms with Gasteiger partial charge in [0, 0.05) is 37.3 Å². The number of rotatable bonds is 4. The molecule has 26 heavy (non-hydrogen) atoms. The molecule has 1 atom stereocenters. The van der Waals surface area contributed by atoms with Crippen LogP contribution in [0, 0.1) is 0 Å². The van der Waals surface area contributed by atoms with Crippen LogP contribution in [-0.4, -0.2) is 35.0 Å². The molecule has 0 aliphatic carbocycles. The van der Waals surface area contributed by atoms with Crippen molar-refractivity contribution in [2.75, 3.05) is 18.4 Å². The normalized spacial score (nSPS) is 17.3. The minimum absolute atomic E-state index is 0.168. The average molecular weight is 346 g/mol. The highest BCUT2D eigenvalue weighted by atomic mass is 16.2. The Bertz CT molecular complexity index is 891. The maximum Gasteiger partial charge on any atom is 0.319 e. The van der Waals surface area contributed by atoms with E-state index < -0.39 is 0 Å². The molecule has 5 nitrogen and oxygen atoms in total. The molecule has 3 aromatic rings.